The Kier molecular flexibility index (Phi) is 8.77. The Hall–Kier alpha value is -2.93. The van der Waals surface area contributed by atoms with Crippen LogP contribution in [-0.4, -0.2) is 37.8 Å². The number of hydrogen-bond donors (Lipinski definition) is 2. The van der Waals surface area contributed by atoms with Crippen LogP contribution in [0.15, 0.2) is 91.0 Å². The van der Waals surface area contributed by atoms with E-state index in [4.69, 9.17) is 9.16 Å². The molecule has 5 nitrogen and oxygen atoms in total. The maximum Gasteiger partial charge on any atom is 0.408 e. The van der Waals surface area contributed by atoms with Crippen LogP contribution in [0.1, 0.15) is 53.1 Å². The molecule has 0 aliphatic heterocycles. The van der Waals surface area contributed by atoms with Crippen molar-refractivity contribution in [3.8, 4) is 0 Å². The summed E-state index contributed by atoms with van der Waals surface area (Å²) in [6.45, 7) is 12.1. The van der Waals surface area contributed by atoms with Crippen molar-refractivity contribution in [2.75, 3.05) is 6.61 Å². The molecular weight excluding hydrogens is 466 g/mol. The molecule has 6 heteroatoms. The van der Waals surface area contributed by atoms with Crippen molar-refractivity contribution in [3.05, 3.63) is 96.6 Å². The maximum absolute atomic E-state index is 12.7. The highest BCUT2D eigenvalue weighted by atomic mass is 28.4. The van der Waals surface area contributed by atoms with Gasteiger partial charge in [0.2, 0.25) is 0 Å². The lowest BCUT2D eigenvalue weighted by molar-refractivity contribution is 0.0335. The summed E-state index contributed by atoms with van der Waals surface area (Å²) in [5, 5.41) is 16.4. The van der Waals surface area contributed by atoms with Crippen molar-refractivity contribution in [3.63, 3.8) is 0 Å². The van der Waals surface area contributed by atoms with Gasteiger partial charge in [-0.1, -0.05) is 112 Å². The third-order valence-electron chi connectivity index (χ3n) is 6.10. The minimum Gasteiger partial charge on any atom is -0.444 e. The summed E-state index contributed by atoms with van der Waals surface area (Å²) >= 11 is 0. The molecule has 36 heavy (non-hydrogen) atoms. The summed E-state index contributed by atoms with van der Waals surface area (Å²) in [5.74, 6) is 0. The molecule has 0 radical (unpaired) electrons. The smallest absolute Gasteiger partial charge is 0.408 e. The number of carbonyl (C=O) groups excluding carboxylic acids is 1. The average molecular weight is 506 g/mol. The number of alkyl carbamates (subject to hydrolysis) is 1. The van der Waals surface area contributed by atoms with Crippen LogP contribution in [0.4, 0.5) is 4.79 Å². The highest BCUT2D eigenvalue weighted by Crippen LogP contribution is 2.37. The largest absolute Gasteiger partial charge is 0.444 e. The summed E-state index contributed by atoms with van der Waals surface area (Å²) in [7, 11) is -2.84. The van der Waals surface area contributed by atoms with Gasteiger partial charge in [0.15, 0.2) is 0 Å². The van der Waals surface area contributed by atoms with Gasteiger partial charge in [0.25, 0.3) is 8.32 Å². The van der Waals surface area contributed by atoms with Crippen LogP contribution in [-0.2, 0) is 9.16 Å². The van der Waals surface area contributed by atoms with Gasteiger partial charge in [-0.25, -0.2) is 4.79 Å². The molecule has 2 atom stereocenters. The molecule has 3 aromatic rings. The van der Waals surface area contributed by atoms with Crippen molar-refractivity contribution in [2.45, 2.75) is 64.3 Å². The molecule has 0 fully saturated rings. The number of ether oxygens (including phenoxy) is 1. The van der Waals surface area contributed by atoms with E-state index in [-0.39, 0.29) is 11.6 Å². The predicted molar refractivity (Wildman–Crippen MR) is 148 cm³/mol. The van der Waals surface area contributed by atoms with Gasteiger partial charge < -0.3 is 19.6 Å². The fourth-order valence-corrected chi connectivity index (χ4v) is 9.14. The first-order chi connectivity index (χ1) is 16.9. The fraction of sp³-hybridized carbons (Fsp3) is 0.367. The van der Waals surface area contributed by atoms with Crippen LogP contribution >= 0.6 is 0 Å². The molecule has 0 saturated carbocycles. The van der Waals surface area contributed by atoms with Gasteiger partial charge in [-0.15, -0.1) is 0 Å². The first-order valence-electron chi connectivity index (χ1n) is 12.4. The quantitative estimate of drug-likeness (QED) is 0.414. The Bertz CT molecular complexity index is 1050. The predicted octanol–water partition coefficient (Wildman–Crippen LogP) is 5.19. The van der Waals surface area contributed by atoms with E-state index < -0.39 is 32.2 Å². The van der Waals surface area contributed by atoms with E-state index in [9.17, 15) is 9.90 Å². The molecule has 3 aromatic carbocycles. The highest BCUT2D eigenvalue weighted by molar-refractivity contribution is 6.99. The molecule has 0 aliphatic rings. The number of aliphatic hydroxyl groups is 1. The summed E-state index contributed by atoms with van der Waals surface area (Å²) in [6, 6.07) is 29.3. The number of amides is 1. The lowest BCUT2D eigenvalue weighted by Crippen LogP contribution is -2.67. The van der Waals surface area contributed by atoms with Crippen molar-refractivity contribution in [1.82, 2.24) is 5.32 Å². The SMILES string of the molecule is CC(C)(C)OC(=O)N[C@H](c1ccccc1)[C@@H](O)CO[Si](c1ccccc1)(c1ccccc1)C(C)(C)C. The van der Waals surface area contributed by atoms with Crippen molar-refractivity contribution in [1.29, 1.82) is 0 Å². The third kappa shape index (κ3) is 6.63. The molecule has 0 saturated heterocycles. The molecular formula is C30H39NO4Si. The number of nitrogens with one attached hydrogen (secondary N) is 1. The number of aliphatic hydroxyl groups excluding tert-OH is 1. The van der Waals surface area contributed by atoms with Gasteiger partial charge in [0.1, 0.15) is 11.7 Å². The summed E-state index contributed by atoms with van der Waals surface area (Å²) in [5.41, 5.74) is 0.128. The standard InChI is InChI=1S/C30H39NO4Si/c1-29(2,3)35-28(33)31-27(23-16-10-7-11-17-23)26(32)22-34-36(30(4,5)6,24-18-12-8-13-19-24)25-20-14-9-15-21-25/h7-21,26-27,32H,22H2,1-6H3,(H,31,33)/t26-,27+/m0/s1. The van der Waals surface area contributed by atoms with E-state index in [1.807, 2.05) is 87.5 Å². The summed E-state index contributed by atoms with van der Waals surface area (Å²) in [6.07, 6.45) is -1.58. The van der Waals surface area contributed by atoms with Crippen molar-refractivity contribution in [2.24, 2.45) is 0 Å². The van der Waals surface area contributed by atoms with E-state index in [1.165, 1.54) is 0 Å². The van der Waals surface area contributed by atoms with Gasteiger partial charge in [0, 0.05) is 0 Å². The Morgan fingerprint density at radius 2 is 1.25 bits per heavy atom. The van der Waals surface area contributed by atoms with Crippen molar-refractivity contribution < 1.29 is 19.1 Å². The van der Waals surface area contributed by atoms with Crippen LogP contribution in [0, 0.1) is 0 Å². The number of benzene rings is 3. The normalized spacial score (nSPS) is 14.1. The molecule has 3 rings (SSSR count). The van der Waals surface area contributed by atoms with Crippen LogP contribution in [0.2, 0.25) is 5.04 Å². The zero-order valence-corrected chi connectivity index (χ0v) is 23.2. The fourth-order valence-electron chi connectivity index (χ4n) is 4.56. The second kappa shape index (κ2) is 11.4. The Balaban J connectivity index is 1.97. The van der Waals surface area contributed by atoms with Crippen molar-refractivity contribution >= 4 is 24.8 Å². The molecule has 1 amide bonds. The highest BCUT2D eigenvalue weighted by Gasteiger charge is 2.50. The zero-order valence-electron chi connectivity index (χ0n) is 22.2. The van der Waals surface area contributed by atoms with Crippen LogP contribution in [0.25, 0.3) is 0 Å². The molecule has 192 valence electrons. The first-order valence-corrected chi connectivity index (χ1v) is 14.3. The van der Waals surface area contributed by atoms with Gasteiger partial charge in [-0.2, -0.15) is 0 Å². The first kappa shape index (κ1) is 27.7. The van der Waals surface area contributed by atoms with E-state index in [1.54, 1.807) is 0 Å². The molecule has 0 unspecified atom stereocenters. The van der Waals surface area contributed by atoms with Gasteiger partial charge >= 0.3 is 6.09 Å². The summed E-state index contributed by atoms with van der Waals surface area (Å²) in [4.78, 5) is 12.7. The topological polar surface area (TPSA) is 67.8 Å². The Morgan fingerprint density at radius 1 is 0.806 bits per heavy atom. The number of rotatable bonds is 8. The minimum absolute atomic E-state index is 0.0443. The molecule has 0 spiro atoms. The monoisotopic (exact) mass is 505 g/mol. The second-order valence-corrected chi connectivity index (χ2v) is 15.4. The summed E-state index contributed by atoms with van der Waals surface area (Å²) < 4.78 is 12.4. The van der Waals surface area contributed by atoms with Crippen LogP contribution < -0.4 is 15.7 Å². The van der Waals surface area contributed by atoms with E-state index in [2.05, 4.69) is 50.4 Å². The lowest BCUT2D eigenvalue weighted by atomic mass is 10.0. The minimum atomic E-state index is -2.84. The number of carbonyl (C=O) groups is 1. The maximum atomic E-state index is 12.7. The Labute approximate surface area is 216 Å². The van der Waals surface area contributed by atoms with Gasteiger partial charge in [0.05, 0.1) is 12.6 Å². The molecule has 0 aliphatic carbocycles. The lowest BCUT2D eigenvalue weighted by Gasteiger charge is -2.43. The van der Waals surface area contributed by atoms with E-state index in [0.717, 1.165) is 15.9 Å². The van der Waals surface area contributed by atoms with Gasteiger partial charge in [-0.05, 0) is 41.7 Å². The van der Waals surface area contributed by atoms with Crippen LogP contribution in [0.3, 0.4) is 0 Å². The number of hydrogen-bond acceptors (Lipinski definition) is 4. The molecule has 2 N–H and O–H groups in total. The average Bonchev–Trinajstić information content (AvgIpc) is 2.83. The molecule has 0 aromatic heterocycles. The second-order valence-electron chi connectivity index (χ2n) is 11.1. The van der Waals surface area contributed by atoms with Gasteiger partial charge in [-0.3, -0.25) is 0 Å². The Morgan fingerprint density at radius 3 is 1.67 bits per heavy atom. The zero-order chi connectivity index (χ0) is 26.4. The van der Waals surface area contributed by atoms with E-state index >= 15 is 0 Å². The van der Waals surface area contributed by atoms with E-state index in [0.29, 0.717) is 0 Å². The van der Waals surface area contributed by atoms with Crippen LogP contribution in [0.5, 0.6) is 0 Å². The third-order valence-corrected chi connectivity index (χ3v) is 11.1. The molecule has 0 heterocycles. The molecule has 0 bridgehead atoms.